The molecule has 1 saturated heterocycles. The summed E-state index contributed by atoms with van der Waals surface area (Å²) in [6.07, 6.45) is 3.80. The van der Waals surface area contributed by atoms with Gasteiger partial charge in [-0.25, -0.2) is 4.39 Å². The van der Waals surface area contributed by atoms with Gasteiger partial charge in [0.25, 0.3) is 0 Å². The Morgan fingerprint density at radius 1 is 1.40 bits per heavy atom. The fraction of sp³-hybridized carbons (Fsp3) is 0.647. The maximum atomic E-state index is 13.5. The van der Waals surface area contributed by atoms with E-state index in [2.05, 4.69) is 31.0 Å². The molecule has 2 nitrogen and oxygen atoms in total. The normalized spacial score (nSPS) is 19.6. The molecular weight excluding hydrogens is 251 g/mol. The molecule has 112 valence electrons. The van der Waals surface area contributed by atoms with Crippen molar-refractivity contribution >= 4 is 5.69 Å². The van der Waals surface area contributed by atoms with Gasteiger partial charge < -0.3 is 10.2 Å². The number of hydrogen-bond acceptors (Lipinski definition) is 2. The average Bonchev–Trinajstić information content (AvgIpc) is 2.45. The average molecular weight is 278 g/mol. The van der Waals surface area contributed by atoms with E-state index in [0.29, 0.717) is 6.04 Å². The molecule has 1 heterocycles. The van der Waals surface area contributed by atoms with E-state index in [4.69, 9.17) is 0 Å². The summed E-state index contributed by atoms with van der Waals surface area (Å²) in [5, 5.41) is 3.40. The molecule has 1 N–H and O–H groups in total. The van der Waals surface area contributed by atoms with E-state index < -0.39 is 0 Å². The predicted octanol–water partition coefficient (Wildman–Crippen LogP) is 3.95. The molecule has 1 fully saturated rings. The lowest BCUT2D eigenvalue weighted by molar-refractivity contribution is 0.404. The molecule has 0 aliphatic carbocycles. The zero-order chi connectivity index (χ0) is 14.5. The van der Waals surface area contributed by atoms with Crippen molar-refractivity contribution in [2.75, 3.05) is 18.0 Å². The molecule has 3 heteroatoms. The maximum Gasteiger partial charge on any atom is 0.123 e. The highest BCUT2D eigenvalue weighted by Crippen LogP contribution is 2.28. The minimum absolute atomic E-state index is 0.140. The Morgan fingerprint density at radius 3 is 2.90 bits per heavy atom. The maximum absolute atomic E-state index is 13.5. The van der Waals surface area contributed by atoms with Crippen LogP contribution in [0.3, 0.4) is 0 Å². The van der Waals surface area contributed by atoms with Crippen LogP contribution < -0.4 is 10.2 Å². The van der Waals surface area contributed by atoms with Gasteiger partial charge in [0.1, 0.15) is 5.82 Å². The Morgan fingerprint density at radius 2 is 2.20 bits per heavy atom. The molecule has 0 amide bonds. The third-order valence-electron chi connectivity index (χ3n) is 4.18. The third-order valence-corrected chi connectivity index (χ3v) is 4.18. The third kappa shape index (κ3) is 3.95. The first kappa shape index (κ1) is 15.3. The Balaban J connectivity index is 2.16. The highest BCUT2D eigenvalue weighted by atomic mass is 19.1. The highest BCUT2D eigenvalue weighted by Gasteiger charge is 2.20. The van der Waals surface area contributed by atoms with E-state index >= 15 is 0 Å². The van der Waals surface area contributed by atoms with Gasteiger partial charge >= 0.3 is 0 Å². The molecule has 1 unspecified atom stereocenters. The SMILES string of the molecule is CCC1CCCN(c2ccc(F)cc2CNC(C)C)C1. The number of benzene rings is 1. The minimum atomic E-state index is -0.140. The van der Waals surface area contributed by atoms with E-state index in [0.717, 1.165) is 31.1 Å². The van der Waals surface area contributed by atoms with Crippen LogP contribution in [-0.4, -0.2) is 19.1 Å². The number of hydrogen-bond donors (Lipinski definition) is 1. The van der Waals surface area contributed by atoms with Crippen molar-refractivity contribution in [3.63, 3.8) is 0 Å². The summed E-state index contributed by atoms with van der Waals surface area (Å²) in [5.74, 6) is 0.637. The summed E-state index contributed by atoms with van der Waals surface area (Å²) in [4.78, 5) is 2.44. The van der Waals surface area contributed by atoms with Crippen LogP contribution in [0.15, 0.2) is 18.2 Å². The molecule has 1 atom stereocenters. The van der Waals surface area contributed by atoms with Gasteiger partial charge in [0.05, 0.1) is 0 Å². The van der Waals surface area contributed by atoms with Crippen LogP contribution in [0.5, 0.6) is 0 Å². The van der Waals surface area contributed by atoms with Crippen molar-refractivity contribution in [3.8, 4) is 0 Å². The van der Waals surface area contributed by atoms with Crippen LogP contribution >= 0.6 is 0 Å². The summed E-state index contributed by atoms with van der Waals surface area (Å²) in [7, 11) is 0. The van der Waals surface area contributed by atoms with Gasteiger partial charge in [0.15, 0.2) is 0 Å². The van der Waals surface area contributed by atoms with E-state index in [1.54, 1.807) is 12.1 Å². The molecule has 1 aromatic rings. The molecule has 0 spiro atoms. The predicted molar refractivity (Wildman–Crippen MR) is 83.6 cm³/mol. The van der Waals surface area contributed by atoms with Gasteiger partial charge in [0.2, 0.25) is 0 Å². The quantitative estimate of drug-likeness (QED) is 0.877. The Hall–Kier alpha value is -1.09. The van der Waals surface area contributed by atoms with Gasteiger partial charge in [0, 0.05) is 31.4 Å². The first-order valence-electron chi connectivity index (χ1n) is 7.87. The second-order valence-electron chi connectivity index (χ2n) is 6.17. The molecule has 0 saturated carbocycles. The summed E-state index contributed by atoms with van der Waals surface area (Å²) in [6.45, 7) is 9.44. The van der Waals surface area contributed by atoms with Gasteiger partial charge in [-0.2, -0.15) is 0 Å². The lowest BCUT2D eigenvalue weighted by Gasteiger charge is -2.35. The zero-order valence-corrected chi connectivity index (χ0v) is 13.0. The first-order chi connectivity index (χ1) is 9.60. The number of halogens is 1. The molecule has 0 radical (unpaired) electrons. The Labute approximate surface area is 122 Å². The zero-order valence-electron chi connectivity index (χ0n) is 13.0. The van der Waals surface area contributed by atoms with Gasteiger partial charge in [-0.3, -0.25) is 0 Å². The standard InChI is InChI=1S/C17H27FN2/c1-4-14-6-5-9-20(12-14)17-8-7-16(18)10-15(17)11-19-13(2)3/h7-8,10,13-14,19H,4-6,9,11-12H2,1-3H3. The lowest BCUT2D eigenvalue weighted by atomic mass is 9.94. The number of nitrogens with one attached hydrogen (secondary N) is 1. The topological polar surface area (TPSA) is 15.3 Å². The molecule has 20 heavy (non-hydrogen) atoms. The second kappa shape index (κ2) is 7.07. The van der Waals surface area contributed by atoms with E-state index in [1.807, 2.05) is 6.07 Å². The van der Waals surface area contributed by atoms with Gasteiger partial charge in [-0.1, -0.05) is 27.2 Å². The van der Waals surface area contributed by atoms with Crippen LogP contribution in [0.25, 0.3) is 0 Å². The Bertz CT molecular complexity index is 431. The fourth-order valence-electron chi connectivity index (χ4n) is 2.94. The molecule has 0 aromatic heterocycles. The smallest absolute Gasteiger partial charge is 0.123 e. The van der Waals surface area contributed by atoms with Crippen molar-refractivity contribution < 1.29 is 4.39 Å². The fourth-order valence-corrected chi connectivity index (χ4v) is 2.94. The van der Waals surface area contributed by atoms with E-state index in [9.17, 15) is 4.39 Å². The molecule has 1 aromatic carbocycles. The van der Waals surface area contributed by atoms with E-state index in [-0.39, 0.29) is 5.82 Å². The van der Waals surface area contributed by atoms with Crippen LogP contribution in [0.2, 0.25) is 0 Å². The lowest BCUT2D eigenvalue weighted by Crippen LogP contribution is -2.36. The van der Waals surface area contributed by atoms with Crippen LogP contribution in [-0.2, 0) is 6.54 Å². The minimum Gasteiger partial charge on any atom is -0.371 e. The van der Waals surface area contributed by atoms with Crippen molar-refractivity contribution in [1.29, 1.82) is 0 Å². The summed E-state index contributed by atoms with van der Waals surface area (Å²) >= 11 is 0. The van der Waals surface area contributed by atoms with Crippen LogP contribution in [0.1, 0.15) is 45.6 Å². The van der Waals surface area contributed by atoms with Gasteiger partial charge in [-0.15, -0.1) is 0 Å². The van der Waals surface area contributed by atoms with Crippen molar-refractivity contribution in [2.24, 2.45) is 5.92 Å². The number of rotatable bonds is 5. The summed E-state index contributed by atoms with van der Waals surface area (Å²) in [6, 6.07) is 5.63. The van der Waals surface area contributed by atoms with Crippen molar-refractivity contribution in [1.82, 2.24) is 5.32 Å². The number of anilines is 1. The number of piperidine rings is 1. The van der Waals surface area contributed by atoms with Crippen LogP contribution in [0.4, 0.5) is 10.1 Å². The largest absolute Gasteiger partial charge is 0.371 e. The highest BCUT2D eigenvalue weighted by molar-refractivity contribution is 5.54. The molecule has 2 rings (SSSR count). The van der Waals surface area contributed by atoms with Crippen LogP contribution in [0, 0.1) is 11.7 Å². The van der Waals surface area contributed by atoms with Crippen molar-refractivity contribution in [3.05, 3.63) is 29.6 Å². The first-order valence-corrected chi connectivity index (χ1v) is 7.87. The summed E-state index contributed by atoms with van der Waals surface area (Å²) < 4.78 is 13.5. The van der Waals surface area contributed by atoms with Crippen molar-refractivity contribution in [2.45, 2.75) is 52.6 Å². The van der Waals surface area contributed by atoms with Gasteiger partial charge in [-0.05, 0) is 42.5 Å². The monoisotopic (exact) mass is 278 g/mol. The second-order valence-corrected chi connectivity index (χ2v) is 6.17. The molecule has 1 aliphatic rings. The number of nitrogens with zero attached hydrogens (tertiary/aromatic N) is 1. The van der Waals surface area contributed by atoms with E-state index in [1.165, 1.54) is 24.9 Å². The molecular formula is C17H27FN2. The molecule has 0 bridgehead atoms. The summed E-state index contributed by atoms with van der Waals surface area (Å²) in [5.41, 5.74) is 2.29. The Kier molecular flexibility index (Phi) is 5.41. The molecule has 1 aliphatic heterocycles.